The third-order valence-electron chi connectivity index (χ3n) is 3.99. The van der Waals surface area contributed by atoms with Gasteiger partial charge in [-0.2, -0.15) is 0 Å². The van der Waals surface area contributed by atoms with Crippen LogP contribution in [0.3, 0.4) is 0 Å². The van der Waals surface area contributed by atoms with Crippen LogP contribution in [0.25, 0.3) is 0 Å². The van der Waals surface area contributed by atoms with Gasteiger partial charge in [-0.25, -0.2) is 0 Å². The van der Waals surface area contributed by atoms with Crippen molar-refractivity contribution in [1.82, 2.24) is 5.32 Å². The van der Waals surface area contributed by atoms with Crippen molar-refractivity contribution >= 4 is 17.7 Å². The first kappa shape index (κ1) is 18.6. The standard InChI is InChI=1S/C20H25NO2S/c1-4-17-12-8-9-15(2)19(17)24-14-21-18(20(22)23-3)13-16-10-6-5-7-11-16/h5-12,18,21H,4,13-14H2,1-3H3/t18-/m0/s1. The third-order valence-corrected chi connectivity index (χ3v) is 5.17. The molecule has 1 atom stereocenters. The minimum Gasteiger partial charge on any atom is -0.468 e. The maximum atomic E-state index is 12.1. The average molecular weight is 343 g/mol. The maximum Gasteiger partial charge on any atom is 0.323 e. The number of ether oxygens (including phenoxy) is 1. The molecular formula is C20H25NO2S. The van der Waals surface area contributed by atoms with E-state index in [4.69, 9.17) is 4.74 Å². The maximum absolute atomic E-state index is 12.1. The lowest BCUT2D eigenvalue weighted by molar-refractivity contribution is -0.143. The summed E-state index contributed by atoms with van der Waals surface area (Å²) in [6, 6.07) is 16.1. The summed E-state index contributed by atoms with van der Waals surface area (Å²) >= 11 is 1.75. The lowest BCUT2D eigenvalue weighted by Crippen LogP contribution is -2.39. The van der Waals surface area contributed by atoms with Crippen molar-refractivity contribution in [3.8, 4) is 0 Å². The minimum atomic E-state index is -0.334. The van der Waals surface area contributed by atoms with Crippen LogP contribution in [0.15, 0.2) is 53.4 Å². The Hall–Kier alpha value is -1.78. The Kier molecular flexibility index (Phi) is 7.35. The number of nitrogens with one attached hydrogen (secondary N) is 1. The van der Waals surface area contributed by atoms with Gasteiger partial charge < -0.3 is 4.74 Å². The van der Waals surface area contributed by atoms with Crippen LogP contribution in [0.5, 0.6) is 0 Å². The van der Waals surface area contributed by atoms with Gasteiger partial charge in [0, 0.05) is 10.8 Å². The zero-order valence-corrected chi connectivity index (χ0v) is 15.4. The van der Waals surface area contributed by atoms with Gasteiger partial charge in [-0.3, -0.25) is 10.1 Å². The predicted molar refractivity (Wildman–Crippen MR) is 100 cm³/mol. The van der Waals surface area contributed by atoms with Crippen LogP contribution in [0.1, 0.15) is 23.6 Å². The molecule has 128 valence electrons. The molecule has 1 N–H and O–H groups in total. The monoisotopic (exact) mass is 343 g/mol. The summed E-state index contributed by atoms with van der Waals surface area (Å²) in [5.41, 5.74) is 3.74. The SMILES string of the molecule is CCc1cccc(C)c1SCN[C@@H](Cc1ccccc1)C(=O)OC. The van der Waals surface area contributed by atoms with E-state index in [2.05, 4.69) is 37.4 Å². The Morgan fingerprint density at radius 2 is 1.92 bits per heavy atom. The summed E-state index contributed by atoms with van der Waals surface area (Å²) in [7, 11) is 1.44. The van der Waals surface area contributed by atoms with E-state index in [9.17, 15) is 4.79 Å². The number of carbonyl (C=O) groups is 1. The molecule has 2 aromatic rings. The van der Waals surface area contributed by atoms with Crippen molar-refractivity contribution in [2.75, 3.05) is 13.0 Å². The van der Waals surface area contributed by atoms with Crippen molar-refractivity contribution in [2.24, 2.45) is 0 Å². The van der Waals surface area contributed by atoms with Gasteiger partial charge in [-0.1, -0.05) is 55.5 Å². The van der Waals surface area contributed by atoms with Gasteiger partial charge in [-0.05, 0) is 36.5 Å². The van der Waals surface area contributed by atoms with E-state index < -0.39 is 0 Å². The number of carbonyl (C=O) groups excluding carboxylic acids is 1. The fraction of sp³-hybridized carbons (Fsp3) is 0.350. The Bertz CT molecular complexity index is 658. The highest BCUT2D eigenvalue weighted by atomic mass is 32.2. The zero-order valence-electron chi connectivity index (χ0n) is 14.5. The molecule has 0 aliphatic carbocycles. The minimum absolute atomic E-state index is 0.222. The van der Waals surface area contributed by atoms with Gasteiger partial charge in [0.05, 0.1) is 7.11 Å². The fourth-order valence-corrected chi connectivity index (χ4v) is 3.77. The second-order valence-electron chi connectivity index (χ2n) is 5.67. The Morgan fingerprint density at radius 1 is 1.17 bits per heavy atom. The van der Waals surface area contributed by atoms with E-state index >= 15 is 0 Å². The molecule has 2 rings (SSSR count). The topological polar surface area (TPSA) is 38.3 Å². The number of benzene rings is 2. The van der Waals surface area contributed by atoms with E-state index in [-0.39, 0.29) is 12.0 Å². The van der Waals surface area contributed by atoms with Crippen molar-refractivity contribution < 1.29 is 9.53 Å². The molecule has 2 aromatic carbocycles. The van der Waals surface area contributed by atoms with Crippen molar-refractivity contribution in [2.45, 2.75) is 37.6 Å². The number of rotatable bonds is 8. The summed E-state index contributed by atoms with van der Waals surface area (Å²) in [5, 5.41) is 3.33. The molecule has 0 unspecified atom stereocenters. The van der Waals surface area contributed by atoms with Gasteiger partial charge >= 0.3 is 5.97 Å². The molecule has 24 heavy (non-hydrogen) atoms. The second kappa shape index (κ2) is 9.50. The zero-order chi connectivity index (χ0) is 17.4. The first-order valence-corrected chi connectivity index (χ1v) is 9.20. The average Bonchev–Trinajstić information content (AvgIpc) is 2.62. The largest absolute Gasteiger partial charge is 0.468 e. The summed E-state index contributed by atoms with van der Waals surface area (Å²) in [6.45, 7) is 4.29. The number of thioether (sulfide) groups is 1. The third kappa shape index (κ3) is 5.11. The van der Waals surface area contributed by atoms with Crippen LogP contribution < -0.4 is 5.32 Å². The van der Waals surface area contributed by atoms with Crippen molar-refractivity contribution in [1.29, 1.82) is 0 Å². The lowest BCUT2D eigenvalue weighted by Gasteiger charge is -2.17. The Balaban J connectivity index is 2.00. The molecule has 4 heteroatoms. The first-order chi connectivity index (χ1) is 11.7. The van der Waals surface area contributed by atoms with Gasteiger partial charge in [0.15, 0.2) is 0 Å². The highest BCUT2D eigenvalue weighted by Gasteiger charge is 2.19. The molecule has 0 heterocycles. The van der Waals surface area contributed by atoms with Gasteiger partial charge in [0.1, 0.15) is 6.04 Å². The molecule has 3 nitrogen and oxygen atoms in total. The molecule has 0 bridgehead atoms. The molecule has 0 saturated carbocycles. The van der Waals surface area contributed by atoms with Gasteiger partial charge in [-0.15, -0.1) is 11.8 Å². The molecule has 0 saturated heterocycles. The molecule has 0 spiro atoms. The Labute approximate surface area is 148 Å². The molecule has 0 radical (unpaired) electrons. The quantitative estimate of drug-likeness (QED) is 0.447. The highest BCUT2D eigenvalue weighted by molar-refractivity contribution is 7.99. The number of hydrogen-bond donors (Lipinski definition) is 1. The number of methoxy groups -OCH3 is 1. The first-order valence-electron chi connectivity index (χ1n) is 8.22. The summed E-state index contributed by atoms with van der Waals surface area (Å²) < 4.78 is 4.95. The van der Waals surface area contributed by atoms with Crippen LogP contribution >= 0.6 is 11.8 Å². The van der Waals surface area contributed by atoms with Gasteiger partial charge in [0.25, 0.3) is 0 Å². The Morgan fingerprint density at radius 3 is 2.58 bits per heavy atom. The summed E-state index contributed by atoms with van der Waals surface area (Å²) in [6.07, 6.45) is 1.64. The number of esters is 1. The molecule has 0 aromatic heterocycles. The van der Waals surface area contributed by atoms with Crippen LogP contribution in [0.4, 0.5) is 0 Å². The molecule has 0 aliphatic rings. The van der Waals surface area contributed by atoms with E-state index in [0.29, 0.717) is 12.3 Å². The van der Waals surface area contributed by atoms with E-state index in [0.717, 1.165) is 12.0 Å². The highest BCUT2D eigenvalue weighted by Crippen LogP contribution is 2.26. The number of hydrogen-bond acceptors (Lipinski definition) is 4. The predicted octanol–water partition coefficient (Wildman–Crippen LogP) is 3.98. The van der Waals surface area contributed by atoms with Gasteiger partial charge in [0.2, 0.25) is 0 Å². The molecular weight excluding hydrogens is 318 g/mol. The molecule has 0 fully saturated rings. The lowest BCUT2D eigenvalue weighted by atomic mass is 10.1. The molecule has 0 amide bonds. The number of aryl methyl sites for hydroxylation is 2. The van der Waals surface area contributed by atoms with Crippen LogP contribution in [0, 0.1) is 6.92 Å². The van der Waals surface area contributed by atoms with Crippen LogP contribution in [-0.2, 0) is 22.4 Å². The fourth-order valence-electron chi connectivity index (χ4n) is 2.64. The second-order valence-corrected chi connectivity index (χ2v) is 6.66. The van der Waals surface area contributed by atoms with Crippen LogP contribution in [0.2, 0.25) is 0 Å². The van der Waals surface area contributed by atoms with E-state index in [1.807, 2.05) is 30.3 Å². The van der Waals surface area contributed by atoms with E-state index in [1.54, 1.807) is 11.8 Å². The molecule has 0 aliphatic heterocycles. The smallest absolute Gasteiger partial charge is 0.323 e. The van der Waals surface area contributed by atoms with E-state index in [1.165, 1.54) is 23.1 Å². The summed E-state index contributed by atoms with van der Waals surface area (Å²) in [4.78, 5) is 13.4. The van der Waals surface area contributed by atoms with Crippen LogP contribution in [-0.4, -0.2) is 25.0 Å². The normalized spacial score (nSPS) is 12.0. The van der Waals surface area contributed by atoms with Crippen molar-refractivity contribution in [3.63, 3.8) is 0 Å². The summed E-state index contributed by atoms with van der Waals surface area (Å²) in [5.74, 6) is 0.449. The van der Waals surface area contributed by atoms with Crippen molar-refractivity contribution in [3.05, 3.63) is 65.2 Å².